The Balaban J connectivity index is 1.78. The summed E-state index contributed by atoms with van der Waals surface area (Å²) in [5.41, 5.74) is -0.630. The van der Waals surface area contributed by atoms with Crippen LogP contribution < -0.4 is 11.2 Å². The second-order valence-corrected chi connectivity index (χ2v) is 23.7. The van der Waals surface area contributed by atoms with Crippen LogP contribution in [0.4, 0.5) is 0 Å². The van der Waals surface area contributed by atoms with Crippen LogP contribution in [0.15, 0.2) is 52.2 Å². The number of carbonyl (C=O) groups is 1. The number of carbonyl (C=O) groups excluding carboxylic acids is 1. The average molecular weight is 654 g/mol. The van der Waals surface area contributed by atoms with E-state index in [9.17, 15) is 19.5 Å². The molecule has 1 aromatic heterocycles. The van der Waals surface area contributed by atoms with E-state index in [1.807, 2.05) is 0 Å². The molecule has 2 saturated heterocycles. The van der Waals surface area contributed by atoms with Gasteiger partial charge in [0, 0.05) is 0 Å². The molecule has 3 heterocycles. The van der Waals surface area contributed by atoms with Gasteiger partial charge in [-0.25, -0.2) is 0 Å². The number of aliphatic hydroxyl groups is 1. The van der Waals surface area contributed by atoms with Crippen LogP contribution in [0.2, 0.25) is 27.0 Å². The molecule has 2 fully saturated rings. The fourth-order valence-corrected chi connectivity index (χ4v) is 20.8. The number of hydrogen-bond donors (Lipinski definition) is 1. The van der Waals surface area contributed by atoms with Crippen molar-refractivity contribution in [1.82, 2.24) is 9.13 Å². The molecule has 0 radical (unpaired) electrons. The van der Waals surface area contributed by atoms with Crippen molar-refractivity contribution in [2.24, 2.45) is 0 Å². The van der Waals surface area contributed by atoms with Gasteiger partial charge in [0.2, 0.25) is 0 Å². The summed E-state index contributed by atoms with van der Waals surface area (Å²) in [6.07, 6.45) is -0.211. The van der Waals surface area contributed by atoms with E-state index in [2.05, 4.69) is 55.4 Å². The van der Waals surface area contributed by atoms with Gasteiger partial charge in [-0.3, -0.25) is 0 Å². The maximum absolute atomic E-state index is 13.6. The van der Waals surface area contributed by atoms with Crippen LogP contribution in [0, 0.1) is 0 Å². The summed E-state index contributed by atoms with van der Waals surface area (Å²) >= 11 is -0.328. The molecule has 0 saturated carbocycles. The van der Waals surface area contributed by atoms with Crippen molar-refractivity contribution in [2.45, 2.75) is 99.5 Å². The molecular formula is C28H42N2O7SeSi2. The summed E-state index contributed by atoms with van der Waals surface area (Å²) in [5, 5.41) is 11.7. The van der Waals surface area contributed by atoms with E-state index >= 15 is 0 Å². The van der Waals surface area contributed by atoms with Gasteiger partial charge in [0.05, 0.1) is 0 Å². The average Bonchev–Trinajstić information content (AvgIpc) is 3.17. The summed E-state index contributed by atoms with van der Waals surface area (Å²) in [4.78, 5) is 38.7. The molecule has 2 unspecified atom stereocenters. The third-order valence-corrected chi connectivity index (χ3v) is 21.6. The van der Waals surface area contributed by atoms with Crippen molar-refractivity contribution in [2.75, 3.05) is 6.61 Å². The molecule has 2 aliphatic rings. The number of aromatic nitrogens is 2. The fourth-order valence-electron chi connectivity index (χ4n) is 5.95. The van der Waals surface area contributed by atoms with E-state index in [0.717, 1.165) is 0 Å². The molecule has 0 spiro atoms. The Hall–Kier alpha value is -1.64. The van der Waals surface area contributed by atoms with Gasteiger partial charge in [-0.2, -0.15) is 0 Å². The SMILES string of the molecule is CC(C)[Si]1(C(C)C)OC[C@H]2[Se][C@@H](n3ccc(=O)n(C(=O)c4ccccc4)c3=O)C(O)C2O[Si](C(C)C)(C(C)C)O1. The zero-order valence-electron chi connectivity index (χ0n) is 24.6. The van der Waals surface area contributed by atoms with Gasteiger partial charge in [-0.1, -0.05) is 0 Å². The summed E-state index contributed by atoms with van der Waals surface area (Å²) in [5.74, 6) is -0.695. The van der Waals surface area contributed by atoms with Crippen LogP contribution in [0.1, 0.15) is 70.7 Å². The van der Waals surface area contributed by atoms with Gasteiger partial charge in [-0.05, 0) is 0 Å². The second-order valence-electron chi connectivity index (χ2n) is 12.0. The third-order valence-electron chi connectivity index (χ3n) is 8.15. The number of fused-ring (bicyclic) bond motifs is 1. The molecule has 220 valence electrons. The maximum atomic E-state index is 13.6. The van der Waals surface area contributed by atoms with Crippen molar-refractivity contribution in [3.8, 4) is 0 Å². The zero-order valence-corrected chi connectivity index (χ0v) is 28.3. The molecule has 2 aromatic rings. The van der Waals surface area contributed by atoms with Crippen molar-refractivity contribution < 1.29 is 22.9 Å². The third kappa shape index (κ3) is 5.33. The van der Waals surface area contributed by atoms with Crippen molar-refractivity contribution in [1.29, 1.82) is 0 Å². The first-order valence-electron chi connectivity index (χ1n) is 14.1. The van der Waals surface area contributed by atoms with Crippen molar-refractivity contribution in [3.63, 3.8) is 0 Å². The number of nitrogens with zero attached hydrogens (tertiary/aromatic N) is 2. The van der Waals surface area contributed by atoms with Gasteiger partial charge in [-0.15, -0.1) is 0 Å². The Labute approximate surface area is 244 Å². The Kier molecular flexibility index (Phi) is 9.33. The Morgan fingerprint density at radius 1 is 0.925 bits per heavy atom. The topological polar surface area (TPSA) is 109 Å². The number of benzene rings is 1. The summed E-state index contributed by atoms with van der Waals surface area (Å²) in [6.45, 7) is 17.5. The van der Waals surface area contributed by atoms with Crippen molar-refractivity contribution >= 4 is 38.0 Å². The first-order valence-corrected chi connectivity index (χ1v) is 20.0. The van der Waals surface area contributed by atoms with E-state index in [1.54, 1.807) is 30.3 Å². The summed E-state index contributed by atoms with van der Waals surface area (Å²) in [7, 11) is -5.68. The standard InChI is InChI=1S/C28H42N2O7SeSi2/c1-17(2)39(18(3)4)35-16-22-25(36-40(37-39,19(5)6)20(7)8)24(32)27(38-22)29-15-14-23(31)30(28(29)34)26(33)21-12-10-9-11-13-21/h9-15,17-20,22,24-25,27,32H,16H2,1-8H3/t22-,24?,25?,27-/m1/s1. The molecule has 4 atom stereocenters. The van der Waals surface area contributed by atoms with Crippen molar-refractivity contribution in [3.05, 3.63) is 69.0 Å². The normalized spacial score (nSPS) is 26.2. The van der Waals surface area contributed by atoms with Crippen LogP contribution in [0.5, 0.6) is 0 Å². The summed E-state index contributed by atoms with van der Waals surface area (Å²) in [6, 6.07) is 9.45. The second kappa shape index (κ2) is 11.9. The van der Waals surface area contributed by atoms with Crippen LogP contribution in [0.3, 0.4) is 0 Å². The first-order chi connectivity index (χ1) is 18.8. The molecule has 0 bridgehead atoms. The predicted octanol–water partition coefficient (Wildman–Crippen LogP) is 4.02. The minimum atomic E-state index is -2.94. The molecule has 1 N–H and O–H groups in total. The van der Waals surface area contributed by atoms with Gasteiger partial charge >= 0.3 is 245 Å². The molecule has 40 heavy (non-hydrogen) atoms. The van der Waals surface area contributed by atoms with E-state index in [0.29, 0.717) is 11.2 Å². The quantitative estimate of drug-likeness (QED) is 0.470. The molecule has 2 aliphatic heterocycles. The molecule has 12 heteroatoms. The zero-order chi connectivity index (χ0) is 29.6. The first kappa shape index (κ1) is 31.3. The molecule has 0 amide bonds. The predicted molar refractivity (Wildman–Crippen MR) is 159 cm³/mol. The Bertz CT molecular complexity index is 1310. The van der Waals surface area contributed by atoms with E-state index in [4.69, 9.17) is 13.0 Å². The number of aliphatic hydroxyl groups excluding tert-OH is 1. The van der Waals surface area contributed by atoms with Crippen LogP contribution in [-0.4, -0.2) is 71.0 Å². The molecule has 1 aromatic carbocycles. The Morgan fingerprint density at radius 2 is 1.50 bits per heavy atom. The van der Waals surface area contributed by atoms with E-state index in [-0.39, 0.29) is 47.5 Å². The molecule has 9 nitrogen and oxygen atoms in total. The van der Waals surface area contributed by atoms with Gasteiger partial charge in [0.15, 0.2) is 0 Å². The van der Waals surface area contributed by atoms with Crippen LogP contribution in [-0.2, 0) is 13.0 Å². The van der Waals surface area contributed by atoms with Gasteiger partial charge < -0.3 is 0 Å². The minimum absolute atomic E-state index is 0.103. The van der Waals surface area contributed by atoms with Gasteiger partial charge in [0.1, 0.15) is 0 Å². The molecule has 4 rings (SSSR count). The number of hydrogen-bond acceptors (Lipinski definition) is 7. The van der Waals surface area contributed by atoms with E-state index < -0.39 is 51.4 Å². The molecule has 0 aliphatic carbocycles. The fraction of sp³-hybridized carbons (Fsp3) is 0.607. The van der Waals surface area contributed by atoms with Crippen LogP contribution >= 0.6 is 0 Å². The summed E-state index contributed by atoms with van der Waals surface area (Å²) < 4.78 is 23.1. The van der Waals surface area contributed by atoms with Crippen LogP contribution in [0.25, 0.3) is 0 Å². The monoisotopic (exact) mass is 654 g/mol. The van der Waals surface area contributed by atoms with Gasteiger partial charge in [0.25, 0.3) is 0 Å². The Morgan fingerprint density at radius 3 is 2.05 bits per heavy atom. The number of rotatable bonds is 6. The van der Waals surface area contributed by atoms with E-state index in [1.165, 1.54) is 16.8 Å². The molecular weight excluding hydrogens is 611 g/mol.